The van der Waals surface area contributed by atoms with Crippen LogP contribution in [0.25, 0.3) is 0 Å². The number of amides is 7. The van der Waals surface area contributed by atoms with Crippen molar-refractivity contribution in [3.8, 4) is 0 Å². The standard InChI is InChI=1S/C23H26FN3O2.C21H24ClFN2O.C21H25FN2O.C16H20F4N2O.2C15H20F2N2O/c24-20-7-3-1-5-16(20)13-18(25)15-22(28)26-11-9-19(10-12-26)27-21-8-4-2-6-17(21)14-23(27)29;22-18-6-3-5-16(12-18)15-8-10-25(11-9-15)21(26)14-19(24)13-17-4-1-2-7-20(17)23;22-20-11-5-4-9-17(20)14-18(23)15-21(25)24-12-6-10-19(24)13-16-7-2-1-3-8-16;17-14-6-2-1-4-11(14)8-13(21)9-15(23)22-7-3-5-12(10-22)16(18,19)20;16-12-5-3-7-19(10-12)15(20)9-13(18)8-11-4-1-2-6-14(11)17;16-12-5-7-19(8-6-12)15(20)10-13(18)9-11-3-1-2-4-14(11)17/h1-8,18-19H,9-15,25H2;1-7,12,15,19H,8-11,13-14,24H2;1-5,7-9,11,18-19H,6,10,12-15,23H2;1-2,4,6,12-13H,3,5,7-10,21H2;1-2,4,6,12-13H,3,5,7-10,18H2;1-4,12-13H,5-10,18H2/t18-;19-;18-,19+;2*12?,13-;13-/m111111/s1. The van der Waals surface area contributed by atoms with Crippen LogP contribution in [0.5, 0.6) is 0 Å². The van der Waals surface area contributed by atoms with Gasteiger partial charge >= 0.3 is 6.18 Å². The van der Waals surface area contributed by atoms with Gasteiger partial charge in [-0.25, -0.2) is 35.1 Å². The zero-order valence-corrected chi connectivity index (χ0v) is 81.7. The molecule has 0 aliphatic carbocycles. The van der Waals surface area contributed by atoms with Gasteiger partial charge in [-0.3, -0.25) is 33.6 Å². The van der Waals surface area contributed by atoms with Gasteiger partial charge in [-0.2, -0.15) is 13.2 Å². The fourth-order valence-electron chi connectivity index (χ4n) is 19.5. The van der Waals surface area contributed by atoms with Gasteiger partial charge in [-0.05, 0) is 233 Å². The third kappa shape index (κ3) is 35.8. The summed E-state index contributed by atoms with van der Waals surface area (Å²) >= 11 is 6.07. The number of likely N-dealkylation sites (tertiary alicyclic amines) is 6. The largest absolute Gasteiger partial charge is 0.393 e. The van der Waals surface area contributed by atoms with Crippen molar-refractivity contribution in [2.45, 2.75) is 240 Å². The summed E-state index contributed by atoms with van der Waals surface area (Å²) in [5.74, 6) is -3.18. The van der Waals surface area contributed by atoms with E-state index >= 15 is 0 Å². The quantitative estimate of drug-likeness (QED) is 0.0249. The second-order valence-electron chi connectivity index (χ2n) is 38.4. The van der Waals surface area contributed by atoms with Gasteiger partial charge in [-0.1, -0.05) is 181 Å². The van der Waals surface area contributed by atoms with E-state index in [2.05, 4.69) is 18.2 Å². The van der Waals surface area contributed by atoms with Crippen LogP contribution in [0.1, 0.15) is 172 Å². The highest BCUT2D eigenvalue weighted by Gasteiger charge is 2.44. The number of alkyl halides is 5. The summed E-state index contributed by atoms with van der Waals surface area (Å²) in [7, 11) is 0. The summed E-state index contributed by atoms with van der Waals surface area (Å²) < 4.78 is 146. The first-order valence-electron chi connectivity index (χ1n) is 49.7. The molecule has 20 nitrogen and oxygen atoms in total. The highest BCUT2D eigenvalue weighted by atomic mass is 35.5. The predicted molar refractivity (Wildman–Crippen MR) is 535 cm³/mol. The average Bonchev–Trinajstić information content (AvgIpc) is 1.63. The van der Waals surface area contributed by atoms with E-state index < -0.39 is 60.3 Å². The van der Waals surface area contributed by atoms with Crippen LogP contribution in [-0.4, -0.2) is 210 Å². The van der Waals surface area contributed by atoms with E-state index in [4.69, 9.17) is 46.0 Å². The molecule has 0 bridgehead atoms. The summed E-state index contributed by atoms with van der Waals surface area (Å²) in [6.07, 6.45) is 5.98. The summed E-state index contributed by atoms with van der Waals surface area (Å²) in [6.45, 7) is 5.12. The molecule has 7 aliphatic heterocycles. The Morgan fingerprint density at radius 1 is 0.350 bits per heavy atom. The van der Waals surface area contributed by atoms with Gasteiger partial charge in [0, 0.05) is 163 Å². The Morgan fingerprint density at radius 2 is 0.692 bits per heavy atom. The van der Waals surface area contributed by atoms with Crippen LogP contribution in [0.4, 0.5) is 54.0 Å². The van der Waals surface area contributed by atoms with E-state index in [1.165, 1.54) is 57.3 Å². The molecule has 6 saturated heterocycles. The molecular formula is C111H135ClF11N13O7. The molecule has 0 aromatic heterocycles. The Morgan fingerprint density at radius 3 is 1.08 bits per heavy atom. The van der Waals surface area contributed by atoms with Crippen molar-refractivity contribution in [2.75, 3.05) is 76.9 Å². The van der Waals surface area contributed by atoms with Crippen LogP contribution in [0.2, 0.25) is 5.02 Å². The van der Waals surface area contributed by atoms with E-state index in [0.717, 1.165) is 80.9 Å². The smallest absolute Gasteiger partial charge is 0.343 e. The molecule has 2 unspecified atom stereocenters. The number of rotatable bonds is 28. The summed E-state index contributed by atoms with van der Waals surface area (Å²) in [6, 6.07) is 62.6. The number of piperidine rings is 5. The molecule has 143 heavy (non-hydrogen) atoms. The number of fused-ring (bicyclic) bond motifs is 1. The van der Waals surface area contributed by atoms with Crippen LogP contribution in [-0.2, 0) is 84.9 Å². The molecule has 770 valence electrons. The minimum atomic E-state index is -4.28. The maximum atomic E-state index is 13.8. The zero-order chi connectivity index (χ0) is 103. The number of halogens is 12. The number of hydrogen-bond acceptors (Lipinski definition) is 13. The first-order chi connectivity index (χ1) is 68.6. The lowest BCUT2D eigenvalue weighted by Crippen LogP contribution is -2.48. The van der Waals surface area contributed by atoms with Crippen LogP contribution in [0.15, 0.2) is 224 Å². The van der Waals surface area contributed by atoms with E-state index in [-0.39, 0.29) is 153 Å². The third-order valence-electron chi connectivity index (χ3n) is 27.2. The minimum Gasteiger partial charge on any atom is -0.343 e. The molecule has 7 amide bonds. The van der Waals surface area contributed by atoms with Crippen molar-refractivity contribution in [1.82, 2.24) is 29.4 Å². The van der Waals surface area contributed by atoms with Crippen molar-refractivity contribution in [3.05, 3.63) is 314 Å². The average molecular weight is 2010 g/mol. The number of nitrogens with two attached hydrogens (primary N) is 6. The molecule has 32 heteroatoms. The Labute approximate surface area is 836 Å². The molecule has 6 fully saturated rings. The zero-order valence-electron chi connectivity index (χ0n) is 80.9. The third-order valence-corrected chi connectivity index (χ3v) is 27.4. The maximum Gasteiger partial charge on any atom is 0.393 e. The number of benzene rings is 9. The second kappa shape index (κ2) is 56.1. The lowest BCUT2D eigenvalue weighted by molar-refractivity contribution is -0.188. The van der Waals surface area contributed by atoms with Gasteiger partial charge in [0.1, 0.15) is 47.2 Å². The fraction of sp³-hybridized carbons (Fsp3) is 0.450. The van der Waals surface area contributed by atoms with Gasteiger partial charge in [0.2, 0.25) is 41.4 Å². The molecule has 0 radical (unpaired) electrons. The summed E-state index contributed by atoms with van der Waals surface area (Å²) in [4.78, 5) is 98.5. The molecule has 0 spiro atoms. The Hall–Kier alpha value is -11.5. The molecular weight excluding hydrogens is 1870 g/mol. The number of hydrogen-bond donors (Lipinski definition) is 6. The monoisotopic (exact) mass is 2010 g/mol. The van der Waals surface area contributed by atoms with E-state index in [0.29, 0.717) is 149 Å². The van der Waals surface area contributed by atoms with Gasteiger partial charge in [0.05, 0.1) is 18.9 Å². The highest BCUT2D eigenvalue weighted by Crippen LogP contribution is 2.37. The second-order valence-corrected chi connectivity index (χ2v) is 38.8. The molecule has 9 atom stereocenters. The van der Waals surface area contributed by atoms with Gasteiger partial charge in [0.25, 0.3) is 0 Å². The van der Waals surface area contributed by atoms with Crippen LogP contribution >= 0.6 is 11.6 Å². The Balaban J connectivity index is 0.000000165. The number of para-hydroxylation sites is 1. The number of carbonyl (C=O) groups excluding carboxylic acids is 7. The van der Waals surface area contributed by atoms with Crippen molar-refractivity contribution >= 4 is 58.6 Å². The van der Waals surface area contributed by atoms with Gasteiger partial charge < -0.3 is 68.7 Å². The Bertz CT molecular complexity index is 5560. The molecule has 12 N–H and O–H groups in total. The number of anilines is 1. The topological polar surface area (TPSA) is 298 Å². The molecule has 0 saturated carbocycles. The van der Waals surface area contributed by atoms with E-state index in [9.17, 15) is 81.9 Å². The first kappa shape index (κ1) is 112. The lowest BCUT2D eigenvalue weighted by atomic mass is 9.89. The Kier molecular flexibility index (Phi) is 43.9. The predicted octanol–water partition coefficient (Wildman–Crippen LogP) is 17.1. The highest BCUT2D eigenvalue weighted by molar-refractivity contribution is 6.30. The number of nitrogens with zero attached hydrogens (tertiary/aromatic N) is 7. The van der Waals surface area contributed by atoms with Crippen molar-refractivity contribution < 1.29 is 81.9 Å². The SMILES string of the molecule is N[C@@H](CC(=O)N1CCC(F)CC1)Cc1ccccc1F.N[C@@H](CC(=O)N1CCC(N2C(=O)Cc3ccccc32)CC1)Cc1ccccc1F.N[C@@H](CC(=O)N1CCC(c2cccc(Cl)c2)CC1)Cc1ccccc1F.N[C@@H](CC(=O)N1CCCC(C(F)(F)F)C1)Cc1ccccc1F.N[C@@H](CC(=O)N1CCCC(F)C1)Cc1ccccc1F.N[C@@H](CC(=O)N1CCC[C@H]1Cc1ccccc1)Cc1ccccc1F. The molecule has 7 heterocycles. The molecule has 9 aromatic carbocycles. The van der Waals surface area contributed by atoms with Crippen molar-refractivity contribution in [1.29, 1.82) is 0 Å². The van der Waals surface area contributed by atoms with Crippen LogP contribution in [0.3, 0.4) is 0 Å². The molecule has 7 aliphatic rings. The molecule has 9 aromatic rings. The number of carbonyl (C=O) groups is 7. The van der Waals surface area contributed by atoms with Crippen LogP contribution in [0, 0.1) is 40.8 Å². The fourth-order valence-corrected chi connectivity index (χ4v) is 19.7. The lowest BCUT2D eigenvalue weighted by Gasteiger charge is -2.37. The maximum absolute atomic E-state index is 13.8. The van der Waals surface area contributed by atoms with E-state index in [1.54, 1.807) is 114 Å². The summed E-state index contributed by atoms with van der Waals surface area (Å²) in [5.41, 5.74) is 43.7. The summed E-state index contributed by atoms with van der Waals surface area (Å²) in [5, 5.41) is 0.750. The molecule has 16 rings (SSSR count). The van der Waals surface area contributed by atoms with E-state index in [1.807, 2.05) is 80.3 Å². The first-order valence-corrected chi connectivity index (χ1v) is 50.1. The van der Waals surface area contributed by atoms with Crippen molar-refractivity contribution in [2.24, 2.45) is 40.3 Å². The normalized spacial score (nSPS) is 18.6. The minimum absolute atomic E-state index is 0.000405. The van der Waals surface area contributed by atoms with Crippen molar-refractivity contribution in [3.63, 3.8) is 0 Å². The van der Waals surface area contributed by atoms with Gasteiger partial charge in [0.15, 0.2) is 0 Å². The van der Waals surface area contributed by atoms with Crippen LogP contribution < -0.4 is 39.3 Å². The van der Waals surface area contributed by atoms with Gasteiger partial charge in [-0.15, -0.1) is 0 Å².